The number of piperidine rings is 1. The van der Waals surface area contributed by atoms with Crippen LogP contribution in [0.4, 0.5) is 0 Å². The zero-order valence-corrected chi connectivity index (χ0v) is 15.7. The molecule has 1 amide bonds. The molecule has 1 heterocycles. The molecule has 25 heavy (non-hydrogen) atoms. The third-order valence-corrected chi connectivity index (χ3v) is 6.34. The van der Waals surface area contributed by atoms with Crippen LogP contribution in [0.5, 0.6) is 0 Å². The van der Waals surface area contributed by atoms with Crippen molar-refractivity contribution in [2.24, 2.45) is 0 Å². The van der Waals surface area contributed by atoms with Crippen molar-refractivity contribution in [3.05, 3.63) is 35.4 Å². The van der Waals surface area contributed by atoms with Gasteiger partial charge in [0.2, 0.25) is 5.91 Å². The van der Waals surface area contributed by atoms with E-state index >= 15 is 0 Å². The molecule has 5 nitrogen and oxygen atoms in total. The molecule has 1 N–H and O–H groups in total. The van der Waals surface area contributed by atoms with Crippen LogP contribution in [0.2, 0.25) is 0 Å². The Morgan fingerprint density at radius 3 is 2.64 bits per heavy atom. The van der Waals surface area contributed by atoms with Gasteiger partial charge in [-0.1, -0.05) is 24.3 Å². The van der Waals surface area contributed by atoms with Crippen molar-refractivity contribution in [2.75, 3.05) is 31.6 Å². The van der Waals surface area contributed by atoms with Crippen molar-refractivity contribution in [3.8, 4) is 0 Å². The number of rotatable bonds is 6. The summed E-state index contributed by atoms with van der Waals surface area (Å²) >= 11 is 0. The van der Waals surface area contributed by atoms with Crippen LogP contribution in [0.25, 0.3) is 0 Å². The first-order valence-electron chi connectivity index (χ1n) is 9.18. The lowest BCUT2D eigenvalue weighted by Crippen LogP contribution is -2.45. The van der Waals surface area contributed by atoms with E-state index in [-0.39, 0.29) is 17.7 Å². The number of benzene rings is 1. The molecule has 1 fully saturated rings. The van der Waals surface area contributed by atoms with E-state index in [2.05, 4.69) is 34.5 Å². The van der Waals surface area contributed by atoms with E-state index in [0.717, 1.165) is 38.8 Å². The molecular formula is C19H28N2O3S. The molecular weight excluding hydrogens is 336 g/mol. The number of nitrogens with one attached hydrogen (secondary N) is 1. The van der Waals surface area contributed by atoms with Crippen molar-refractivity contribution >= 4 is 15.7 Å². The summed E-state index contributed by atoms with van der Waals surface area (Å²) in [4.78, 5) is 14.6. The van der Waals surface area contributed by atoms with Crippen LogP contribution in [0, 0.1) is 0 Å². The van der Waals surface area contributed by atoms with Gasteiger partial charge in [0, 0.05) is 38.4 Å². The number of nitrogens with zero attached hydrogens (tertiary/aromatic N) is 1. The van der Waals surface area contributed by atoms with Crippen LogP contribution in [0.1, 0.15) is 42.7 Å². The second-order valence-corrected chi connectivity index (χ2v) is 9.71. The Morgan fingerprint density at radius 2 is 1.92 bits per heavy atom. The molecule has 1 aliphatic carbocycles. The SMILES string of the molecule is CS(=O)(=O)CCN1CCC(NC(=O)CC2CCc3ccccc32)CC1. The Labute approximate surface area is 150 Å². The van der Waals surface area contributed by atoms with Crippen LogP contribution in [-0.2, 0) is 21.1 Å². The molecule has 1 unspecified atom stereocenters. The van der Waals surface area contributed by atoms with Gasteiger partial charge in [0.15, 0.2) is 0 Å². The molecule has 0 radical (unpaired) electrons. The maximum Gasteiger partial charge on any atom is 0.220 e. The number of carbonyl (C=O) groups excluding carboxylic acids is 1. The Hall–Kier alpha value is -1.40. The molecule has 138 valence electrons. The molecule has 3 rings (SSSR count). The Balaban J connectivity index is 1.41. The van der Waals surface area contributed by atoms with Crippen molar-refractivity contribution in [1.29, 1.82) is 0 Å². The maximum atomic E-state index is 12.4. The summed E-state index contributed by atoms with van der Waals surface area (Å²) in [5, 5.41) is 3.19. The number of hydrogen-bond donors (Lipinski definition) is 1. The molecule has 1 aliphatic heterocycles. The van der Waals surface area contributed by atoms with Gasteiger partial charge in [-0.05, 0) is 42.7 Å². The third kappa shape index (κ3) is 5.28. The Kier molecular flexibility index (Phi) is 5.79. The van der Waals surface area contributed by atoms with E-state index in [1.165, 1.54) is 17.4 Å². The number of amides is 1. The lowest BCUT2D eigenvalue weighted by molar-refractivity contribution is -0.122. The minimum absolute atomic E-state index is 0.149. The lowest BCUT2D eigenvalue weighted by Gasteiger charge is -2.32. The maximum absolute atomic E-state index is 12.4. The number of fused-ring (bicyclic) bond motifs is 1. The van der Waals surface area contributed by atoms with E-state index in [1.54, 1.807) is 0 Å². The van der Waals surface area contributed by atoms with Gasteiger partial charge >= 0.3 is 0 Å². The van der Waals surface area contributed by atoms with Crippen molar-refractivity contribution in [1.82, 2.24) is 10.2 Å². The largest absolute Gasteiger partial charge is 0.353 e. The van der Waals surface area contributed by atoms with Crippen molar-refractivity contribution < 1.29 is 13.2 Å². The highest BCUT2D eigenvalue weighted by Crippen LogP contribution is 2.35. The van der Waals surface area contributed by atoms with Gasteiger partial charge in [-0.15, -0.1) is 0 Å². The molecule has 0 spiro atoms. The molecule has 1 aromatic carbocycles. The fourth-order valence-electron chi connectivity index (χ4n) is 3.96. The molecule has 1 aromatic rings. The molecule has 1 saturated heterocycles. The topological polar surface area (TPSA) is 66.5 Å². The number of carbonyl (C=O) groups is 1. The van der Waals surface area contributed by atoms with Gasteiger partial charge in [0.25, 0.3) is 0 Å². The smallest absolute Gasteiger partial charge is 0.220 e. The predicted octanol–water partition coefficient (Wildman–Crippen LogP) is 1.73. The highest BCUT2D eigenvalue weighted by molar-refractivity contribution is 7.90. The van der Waals surface area contributed by atoms with E-state index in [1.807, 2.05) is 0 Å². The van der Waals surface area contributed by atoms with E-state index < -0.39 is 9.84 Å². The second kappa shape index (κ2) is 7.87. The minimum Gasteiger partial charge on any atom is -0.353 e. The molecule has 0 saturated carbocycles. The van der Waals surface area contributed by atoms with Gasteiger partial charge in [-0.3, -0.25) is 4.79 Å². The normalized spacial score (nSPS) is 21.9. The van der Waals surface area contributed by atoms with E-state index in [0.29, 0.717) is 18.9 Å². The minimum atomic E-state index is -2.91. The lowest BCUT2D eigenvalue weighted by atomic mass is 9.97. The van der Waals surface area contributed by atoms with Gasteiger partial charge in [-0.2, -0.15) is 0 Å². The summed E-state index contributed by atoms with van der Waals surface area (Å²) in [7, 11) is -2.91. The summed E-state index contributed by atoms with van der Waals surface area (Å²) in [6, 6.07) is 8.67. The quantitative estimate of drug-likeness (QED) is 0.835. The first-order chi connectivity index (χ1) is 11.9. The summed E-state index contributed by atoms with van der Waals surface area (Å²) in [6.07, 6.45) is 5.80. The van der Waals surface area contributed by atoms with Gasteiger partial charge < -0.3 is 10.2 Å². The molecule has 2 aliphatic rings. The summed E-state index contributed by atoms with van der Waals surface area (Å²) in [6.45, 7) is 2.30. The second-order valence-electron chi connectivity index (χ2n) is 7.45. The number of hydrogen-bond acceptors (Lipinski definition) is 4. The third-order valence-electron chi connectivity index (χ3n) is 5.42. The van der Waals surface area contributed by atoms with E-state index in [4.69, 9.17) is 0 Å². The van der Waals surface area contributed by atoms with Gasteiger partial charge in [0.1, 0.15) is 9.84 Å². The molecule has 6 heteroatoms. The fraction of sp³-hybridized carbons (Fsp3) is 0.632. The first-order valence-corrected chi connectivity index (χ1v) is 11.2. The monoisotopic (exact) mass is 364 g/mol. The summed E-state index contributed by atoms with van der Waals surface area (Å²) < 4.78 is 22.5. The van der Waals surface area contributed by atoms with Crippen LogP contribution in [0.15, 0.2) is 24.3 Å². The first kappa shape index (κ1) is 18.4. The summed E-state index contributed by atoms with van der Waals surface area (Å²) in [5.74, 6) is 0.716. The fourth-order valence-corrected chi connectivity index (χ4v) is 4.55. The van der Waals surface area contributed by atoms with Crippen LogP contribution in [-0.4, -0.2) is 56.9 Å². The zero-order chi connectivity index (χ0) is 17.9. The van der Waals surface area contributed by atoms with Gasteiger partial charge in [0.05, 0.1) is 5.75 Å². The highest BCUT2D eigenvalue weighted by atomic mass is 32.2. The highest BCUT2D eigenvalue weighted by Gasteiger charge is 2.26. The van der Waals surface area contributed by atoms with Crippen LogP contribution < -0.4 is 5.32 Å². The number of sulfone groups is 1. The molecule has 1 atom stereocenters. The van der Waals surface area contributed by atoms with Gasteiger partial charge in [-0.25, -0.2) is 8.42 Å². The average molecular weight is 365 g/mol. The summed E-state index contributed by atoms with van der Waals surface area (Å²) in [5.41, 5.74) is 2.73. The standard InChI is InChI=1S/C19H28N2O3S/c1-25(23,24)13-12-21-10-8-17(9-11-21)20-19(22)14-16-7-6-15-4-2-3-5-18(15)16/h2-5,16-17H,6-14H2,1H3,(H,20,22). The average Bonchev–Trinajstić information content (AvgIpc) is 2.97. The van der Waals surface area contributed by atoms with Crippen molar-refractivity contribution in [2.45, 2.75) is 44.1 Å². The number of likely N-dealkylation sites (tertiary alicyclic amines) is 1. The van der Waals surface area contributed by atoms with Crippen LogP contribution in [0.3, 0.4) is 0 Å². The van der Waals surface area contributed by atoms with Crippen LogP contribution >= 0.6 is 0 Å². The molecule has 0 bridgehead atoms. The Morgan fingerprint density at radius 1 is 1.20 bits per heavy atom. The zero-order valence-electron chi connectivity index (χ0n) is 14.9. The number of aryl methyl sites for hydroxylation is 1. The Bertz CT molecular complexity index is 709. The predicted molar refractivity (Wildman–Crippen MR) is 99.4 cm³/mol. The van der Waals surface area contributed by atoms with E-state index in [9.17, 15) is 13.2 Å². The van der Waals surface area contributed by atoms with Crippen molar-refractivity contribution in [3.63, 3.8) is 0 Å². The molecule has 0 aromatic heterocycles.